The number of ether oxygens (including phenoxy) is 1. The molecule has 0 spiro atoms. The number of alkyl halides is 3. The van der Waals surface area contributed by atoms with Crippen molar-refractivity contribution >= 4 is 46.9 Å². The van der Waals surface area contributed by atoms with Crippen molar-refractivity contribution in [2.45, 2.75) is 33.0 Å². The Labute approximate surface area is 303 Å². The Balaban J connectivity index is 1.37. The van der Waals surface area contributed by atoms with Crippen LogP contribution in [0.4, 0.5) is 24.5 Å². The van der Waals surface area contributed by atoms with E-state index < -0.39 is 35.7 Å². The lowest BCUT2D eigenvalue weighted by Gasteiger charge is -2.36. The fraction of sp³-hybridized carbons (Fsp3) is 0.294. The van der Waals surface area contributed by atoms with Gasteiger partial charge in [-0.15, -0.1) is 5.10 Å². The van der Waals surface area contributed by atoms with Gasteiger partial charge >= 0.3 is 6.18 Å². The number of nitrogens with one attached hydrogen (secondary N) is 1. The molecule has 3 aromatic heterocycles. The van der Waals surface area contributed by atoms with E-state index in [1.807, 2.05) is 0 Å². The van der Waals surface area contributed by atoms with Crippen LogP contribution in [-0.4, -0.2) is 90.0 Å². The second kappa shape index (κ2) is 14.9. The first-order valence-corrected chi connectivity index (χ1v) is 16.6. The van der Waals surface area contributed by atoms with Crippen molar-refractivity contribution in [2.24, 2.45) is 0 Å². The first-order chi connectivity index (χ1) is 25.3. The summed E-state index contributed by atoms with van der Waals surface area (Å²) in [5.74, 6) is -0.918. The van der Waals surface area contributed by atoms with E-state index in [0.717, 1.165) is 16.6 Å². The lowest BCUT2D eigenvalue weighted by molar-refractivity contribution is -0.137. The van der Waals surface area contributed by atoms with Crippen LogP contribution in [0.25, 0.3) is 17.2 Å². The number of amides is 2. The molecule has 1 aliphatic heterocycles. The van der Waals surface area contributed by atoms with Gasteiger partial charge in [0.2, 0.25) is 11.7 Å². The zero-order valence-electron chi connectivity index (χ0n) is 28.2. The molecule has 0 atom stereocenters. The molecule has 4 heterocycles. The standard InChI is InChI=1S/C34H31ClF3N9O6/c1-3-25-28(44-10-12-45(13-11-44)31(51)27-29(50)19(2)39-18-40-27)32(52)47-33(42-30(43-47)20-4-7-22(8-5-20)53-15-14-48)46(25)17-26(49)41-24-9-6-21(16-23(24)35)34(36,37)38/h4-9,14,16,18,50H,3,10-13,15,17H2,1-2H3,(H,41,49). The highest BCUT2D eigenvalue weighted by atomic mass is 35.5. The van der Waals surface area contributed by atoms with Crippen LogP contribution >= 0.6 is 11.6 Å². The molecule has 0 bridgehead atoms. The molecule has 2 aromatic carbocycles. The van der Waals surface area contributed by atoms with E-state index in [1.54, 1.807) is 43.0 Å². The Morgan fingerprint density at radius 3 is 2.43 bits per heavy atom. The van der Waals surface area contributed by atoms with Crippen LogP contribution in [0, 0.1) is 6.92 Å². The highest BCUT2D eigenvalue weighted by molar-refractivity contribution is 6.33. The molecule has 5 aromatic rings. The third-order valence-electron chi connectivity index (χ3n) is 8.55. The second-order valence-corrected chi connectivity index (χ2v) is 12.3. The number of rotatable bonds is 10. The molecule has 2 amide bonds. The van der Waals surface area contributed by atoms with Crippen molar-refractivity contribution in [2.75, 3.05) is 43.0 Å². The maximum atomic E-state index is 14.2. The van der Waals surface area contributed by atoms with Gasteiger partial charge in [-0.1, -0.05) is 18.5 Å². The zero-order chi connectivity index (χ0) is 38.0. The van der Waals surface area contributed by atoms with Crippen molar-refractivity contribution in [3.63, 3.8) is 0 Å². The van der Waals surface area contributed by atoms with Crippen LogP contribution in [0.3, 0.4) is 0 Å². The number of anilines is 2. The van der Waals surface area contributed by atoms with E-state index in [4.69, 9.17) is 16.3 Å². The average molecular weight is 754 g/mol. The minimum Gasteiger partial charge on any atom is -0.504 e. The SMILES string of the molecule is CCc1c(N2CCN(C(=O)c3ncnc(C)c3O)CC2)c(=O)n2nc(-c3ccc(OCC=O)cc3)nc2n1CC(=O)Nc1ccc(C(F)(F)F)cc1Cl. The van der Waals surface area contributed by atoms with E-state index in [0.29, 0.717) is 29.4 Å². The number of aromatic hydroxyl groups is 1. The number of aldehydes is 1. The molecule has 2 N–H and O–H groups in total. The molecule has 0 unspecified atom stereocenters. The zero-order valence-corrected chi connectivity index (χ0v) is 29.0. The highest BCUT2D eigenvalue weighted by Gasteiger charge is 2.32. The Morgan fingerprint density at radius 2 is 1.79 bits per heavy atom. The van der Waals surface area contributed by atoms with E-state index >= 15 is 0 Å². The summed E-state index contributed by atoms with van der Waals surface area (Å²) < 4.78 is 47.5. The molecule has 6 rings (SSSR count). The van der Waals surface area contributed by atoms with Crippen molar-refractivity contribution in [3.05, 3.63) is 86.8 Å². The lowest BCUT2D eigenvalue weighted by atomic mass is 10.2. The van der Waals surface area contributed by atoms with Gasteiger partial charge in [0, 0.05) is 31.7 Å². The predicted octanol–water partition coefficient (Wildman–Crippen LogP) is 3.78. The van der Waals surface area contributed by atoms with Crippen LogP contribution in [0.2, 0.25) is 5.02 Å². The van der Waals surface area contributed by atoms with Gasteiger partial charge in [0.1, 0.15) is 30.9 Å². The van der Waals surface area contributed by atoms with Crippen LogP contribution in [-0.2, 0) is 28.7 Å². The third kappa shape index (κ3) is 7.48. The van der Waals surface area contributed by atoms with E-state index in [-0.39, 0.29) is 84.3 Å². The third-order valence-corrected chi connectivity index (χ3v) is 8.87. The van der Waals surface area contributed by atoms with Gasteiger partial charge in [-0.25, -0.2) is 9.97 Å². The normalized spacial score (nSPS) is 13.3. The first kappa shape index (κ1) is 36.7. The minimum atomic E-state index is -4.64. The Morgan fingerprint density at radius 1 is 1.08 bits per heavy atom. The molecule has 1 saturated heterocycles. The molecule has 276 valence electrons. The summed E-state index contributed by atoms with van der Waals surface area (Å²) in [4.78, 5) is 67.4. The number of nitrogens with zero attached hydrogens (tertiary/aromatic N) is 8. The van der Waals surface area contributed by atoms with Crippen molar-refractivity contribution < 1.29 is 37.4 Å². The van der Waals surface area contributed by atoms with Crippen molar-refractivity contribution in [1.82, 2.24) is 34.0 Å². The number of aromatic nitrogens is 6. The van der Waals surface area contributed by atoms with Crippen LogP contribution in [0.5, 0.6) is 11.5 Å². The molecular weight excluding hydrogens is 723 g/mol. The molecule has 15 nitrogen and oxygen atoms in total. The molecule has 0 saturated carbocycles. The number of fused-ring (bicyclic) bond motifs is 1. The monoisotopic (exact) mass is 753 g/mol. The fourth-order valence-corrected chi connectivity index (χ4v) is 6.14. The maximum Gasteiger partial charge on any atom is 0.416 e. The number of hydrogen-bond acceptors (Lipinski definition) is 11. The van der Waals surface area contributed by atoms with Gasteiger partial charge in [0.25, 0.3) is 11.5 Å². The van der Waals surface area contributed by atoms with Crippen LogP contribution in [0.15, 0.2) is 53.6 Å². The number of benzene rings is 2. The van der Waals surface area contributed by atoms with Crippen LogP contribution in [0.1, 0.15) is 34.4 Å². The minimum absolute atomic E-state index is 0.0176. The maximum absolute atomic E-state index is 14.2. The molecular formula is C34H31ClF3N9O6. The van der Waals surface area contributed by atoms with Gasteiger partial charge in [-0.3, -0.25) is 19.2 Å². The lowest BCUT2D eigenvalue weighted by Crippen LogP contribution is -2.51. The molecule has 1 fully saturated rings. The molecule has 19 heteroatoms. The van der Waals surface area contributed by atoms with Crippen molar-refractivity contribution in [1.29, 1.82) is 0 Å². The van der Waals surface area contributed by atoms with E-state index in [1.165, 1.54) is 15.8 Å². The molecule has 53 heavy (non-hydrogen) atoms. The summed E-state index contributed by atoms with van der Waals surface area (Å²) in [6.07, 6.45) is -2.59. The molecule has 0 radical (unpaired) electrons. The summed E-state index contributed by atoms with van der Waals surface area (Å²) in [5, 5.41) is 17.1. The Hall–Kier alpha value is -6.04. The summed E-state index contributed by atoms with van der Waals surface area (Å²) in [6.45, 7) is 3.48. The van der Waals surface area contributed by atoms with Gasteiger partial charge in [-0.05, 0) is 55.8 Å². The average Bonchev–Trinajstić information content (AvgIpc) is 3.59. The summed E-state index contributed by atoms with van der Waals surface area (Å²) >= 11 is 6.11. The highest BCUT2D eigenvalue weighted by Crippen LogP contribution is 2.34. The van der Waals surface area contributed by atoms with E-state index in [2.05, 4.69) is 25.4 Å². The number of aryl methyl sites for hydroxylation is 1. The van der Waals surface area contributed by atoms with E-state index in [9.17, 15) is 37.5 Å². The second-order valence-electron chi connectivity index (χ2n) is 11.9. The van der Waals surface area contributed by atoms with Gasteiger partial charge in [0.05, 0.1) is 27.7 Å². The number of carbonyl (C=O) groups excluding carboxylic acids is 3. The Kier molecular flexibility index (Phi) is 10.3. The number of halogens is 4. The number of hydrogen-bond donors (Lipinski definition) is 2. The first-order valence-electron chi connectivity index (χ1n) is 16.2. The summed E-state index contributed by atoms with van der Waals surface area (Å²) in [5.41, 5.74) is -0.333. The molecule has 1 aliphatic rings. The largest absolute Gasteiger partial charge is 0.504 e. The van der Waals surface area contributed by atoms with Gasteiger partial charge in [-0.2, -0.15) is 22.7 Å². The number of piperazine rings is 1. The molecule has 0 aliphatic carbocycles. The topological polar surface area (TPSA) is 177 Å². The smallest absolute Gasteiger partial charge is 0.416 e. The fourth-order valence-electron chi connectivity index (χ4n) is 5.91. The Bertz CT molecular complexity index is 2270. The van der Waals surface area contributed by atoms with Crippen LogP contribution < -0.4 is 20.5 Å². The predicted molar refractivity (Wildman–Crippen MR) is 185 cm³/mol. The summed E-state index contributed by atoms with van der Waals surface area (Å²) in [6, 6.07) is 9.04. The van der Waals surface area contributed by atoms with Crippen molar-refractivity contribution in [3.8, 4) is 22.9 Å². The van der Waals surface area contributed by atoms with Gasteiger partial charge in [0.15, 0.2) is 23.6 Å². The number of carbonyl (C=O) groups is 3. The quantitative estimate of drug-likeness (QED) is 0.199. The summed E-state index contributed by atoms with van der Waals surface area (Å²) in [7, 11) is 0. The van der Waals surface area contributed by atoms with Gasteiger partial charge < -0.3 is 29.5 Å².